The molecule has 0 aliphatic carbocycles. The summed E-state index contributed by atoms with van der Waals surface area (Å²) in [5, 5.41) is 9.20. The van der Waals surface area contributed by atoms with Gasteiger partial charge >= 0.3 is 0 Å². The van der Waals surface area contributed by atoms with Gasteiger partial charge in [0.2, 0.25) is 0 Å². The second-order valence-electron chi connectivity index (χ2n) is 3.04. The number of carbonyl (C=O) groups excluding carboxylic acids is 1. The summed E-state index contributed by atoms with van der Waals surface area (Å²) in [6, 6.07) is 7.61. The highest BCUT2D eigenvalue weighted by Gasteiger charge is 2.22. The van der Waals surface area contributed by atoms with Crippen LogP contribution in [-0.4, -0.2) is 17.6 Å². The minimum Gasteiger partial charge on any atom is -0.510 e. The lowest BCUT2D eigenvalue weighted by Crippen LogP contribution is -2.25. The standard InChI is InChI=1S/C10H8INO2/c11-7-2-1-3-8(4-7)12-6-9(13)5-10(12)14/h1-5,13H,6H2. The van der Waals surface area contributed by atoms with Crippen LogP contribution in [-0.2, 0) is 4.79 Å². The molecule has 0 spiro atoms. The summed E-state index contributed by atoms with van der Waals surface area (Å²) in [6.07, 6.45) is 1.25. The number of carbonyl (C=O) groups is 1. The van der Waals surface area contributed by atoms with Gasteiger partial charge in [-0.05, 0) is 40.8 Å². The lowest BCUT2D eigenvalue weighted by Gasteiger charge is -2.15. The Morgan fingerprint density at radius 2 is 2.21 bits per heavy atom. The molecule has 0 unspecified atom stereocenters. The first-order valence-electron chi connectivity index (χ1n) is 4.13. The van der Waals surface area contributed by atoms with Crippen LogP contribution in [0.5, 0.6) is 0 Å². The van der Waals surface area contributed by atoms with E-state index in [1.165, 1.54) is 11.0 Å². The van der Waals surface area contributed by atoms with Crippen molar-refractivity contribution in [2.75, 3.05) is 11.4 Å². The molecule has 0 atom stereocenters. The number of rotatable bonds is 1. The second-order valence-corrected chi connectivity index (χ2v) is 4.29. The minimum absolute atomic E-state index is 0.119. The Morgan fingerprint density at radius 3 is 2.79 bits per heavy atom. The van der Waals surface area contributed by atoms with Crippen LogP contribution in [0.3, 0.4) is 0 Å². The van der Waals surface area contributed by atoms with Gasteiger partial charge in [-0.15, -0.1) is 0 Å². The van der Waals surface area contributed by atoms with Crippen LogP contribution >= 0.6 is 22.6 Å². The van der Waals surface area contributed by atoms with E-state index < -0.39 is 0 Å². The number of halogens is 1. The number of nitrogens with zero attached hydrogens (tertiary/aromatic N) is 1. The van der Waals surface area contributed by atoms with Gasteiger partial charge in [-0.1, -0.05) is 6.07 Å². The first-order chi connectivity index (χ1) is 6.66. The van der Waals surface area contributed by atoms with E-state index in [9.17, 15) is 9.90 Å². The van der Waals surface area contributed by atoms with E-state index in [0.717, 1.165) is 9.26 Å². The average Bonchev–Trinajstić information content (AvgIpc) is 2.45. The molecule has 1 aliphatic rings. The van der Waals surface area contributed by atoms with Crippen LogP contribution in [0, 0.1) is 3.57 Å². The number of hydrogen-bond acceptors (Lipinski definition) is 2. The average molecular weight is 301 g/mol. The third-order valence-corrected chi connectivity index (χ3v) is 2.67. The summed E-state index contributed by atoms with van der Waals surface area (Å²) < 4.78 is 1.07. The number of hydrogen-bond donors (Lipinski definition) is 1. The van der Waals surface area contributed by atoms with Crippen molar-refractivity contribution in [2.24, 2.45) is 0 Å². The van der Waals surface area contributed by atoms with Crippen LogP contribution in [0.25, 0.3) is 0 Å². The molecular weight excluding hydrogens is 293 g/mol. The van der Waals surface area contributed by atoms with Crippen LogP contribution in [0.1, 0.15) is 0 Å². The van der Waals surface area contributed by atoms with Gasteiger partial charge in [0.05, 0.1) is 6.54 Å². The van der Waals surface area contributed by atoms with E-state index in [4.69, 9.17) is 0 Å². The molecule has 2 rings (SSSR count). The summed E-state index contributed by atoms with van der Waals surface area (Å²) in [4.78, 5) is 12.9. The smallest absolute Gasteiger partial charge is 0.254 e. The highest BCUT2D eigenvalue weighted by atomic mass is 127. The summed E-state index contributed by atoms with van der Waals surface area (Å²) in [6.45, 7) is 0.277. The molecule has 1 heterocycles. The summed E-state index contributed by atoms with van der Waals surface area (Å²) in [5.74, 6) is -0.0432. The van der Waals surface area contributed by atoms with Gasteiger partial charge < -0.3 is 10.0 Å². The summed E-state index contributed by atoms with van der Waals surface area (Å²) in [5.41, 5.74) is 0.821. The van der Waals surface area contributed by atoms with Gasteiger partial charge in [-0.25, -0.2) is 0 Å². The van der Waals surface area contributed by atoms with Crippen molar-refractivity contribution < 1.29 is 9.90 Å². The van der Waals surface area contributed by atoms with Crippen molar-refractivity contribution in [2.45, 2.75) is 0 Å². The highest BCUT2D eigenvalue weighted by molar-refractivity contribution is 14.1. The third-order valence-electron chi connectivity index (χ3n) is 2.00. The highest BCUT2D eigenvalue weighted by Crippen LogP contribution is 2.21. The number of aliphatic hydroxyl groups excluding tert-OH is 1. The molecule has 0 fully saturated rings. The molecule has 0 aromatic heterocycles. The maximum absolute atomic E-state index is 11.4. The molecular formula is C10H8INO2. The molecule has 1 N–H and O–H groups in total. The molecule has 0 bridgehead atoms. The van der Waals surface area contributed by atoms with Crippen LogP contribution in [0.2, 0.25) is 0 Å². The normalized spacial score (nSPS) is 15.9. The fourth-order valence-electron chi connectivity index (χ4n) is 1.37. The van der Waals surface area contributed by atoms with Gasteiger partial charge in [0, 0.05) is 15.3 Å². The molecule has 0 saturated heterocycles. The number of aliphatic hydroxyl groups is 1. The van der Waals surface area contributed by atoms with Crippen molar-refractivity contribution >= 4 is 34.2 Å². The van der Waals surface area contributed by atoms with E-state index in [-0.39, 0.29) is 18.2 Å². The van der Waals surface area contributed by atoms with Crippen molar-refractivity contribution in [3.63, 3.8) is 0 Å². The van der Waals surface area contributed by atoms with Crippen molar-refractivity contribution in [1.82, 2.24) is 0 Å². The first kappa shape index (κ1) is 9.51. The Hall–Kier alpha value is -1.04. The molecule has 1 aromatic rings. The number of benzene rings is 1. The molecule has 72 valence electrons. The fraction of sp³-hybridized carbons (Fsp3) is 0.100. The van der Waals surface area contributed by atoms with E-state index >= 15 is 0 Å². The quantitative estimate of drug-likeness (QED) is 0.807. The number of amides is 1. The Balaban J connectivity index is 2.30. The van der Waals surface area contributed by atoms with E-state index in [1.807, 2.05) is 24.3 Å². The molecule has 1 aromatic carbocycles. The first-order valence-corrected chi connectivity index (χ1v) is 5.21. The largest absolute Gasteiger partial charge is 0.510 e. The minimum atomic E-state index is -0.162. The van der Waals surface area contributed by atoms with Gasteiger partial charge in [-0.2, -0.15) is 0 Å². The predicted octanol–water partition coefficient (Wildman–Crippen LogP) is 2.08. The second kappa shape index (κ2) is 3.61. The lowest BCUT2D eigenvalue weighted by molar-refractivity contribution is -0.113. The fourth-order valence-corrected chi connectivity index (χ4v) is 1.90. The van der Waals surface area contributed by atoms with E-state index in [1.54, 1.807) is 0 Å². The zero-order valence-electron chi connectivity index (χ0n) is 7.27. The maximum atomic E-state index is 11.4. The molecule has 4 heteroatoms. The van der Waals surface area contributed by atoms with Gasteiger partial charge in [0.1, 0.15) is 5.76 Å². The monoisotopic (exact) mass is 301 g/mol. The van der Waals surface area contributed by atoms with Gasteiger partial charge in [-0.3, -0.25) is 4.79 Å². The lowest BCUT2D eigenvalue weighted by atomic mass is 10.3. The summed E-state index contributed by atoms with van der Waals surface area (Å²) >= 11 is 2.19. The molecule has 3 nitrogen and oxygen atoms in total. The van der Waals surface area contributed by atoms with Crippen molar-refractivity contribution in [3.8, 4) is 0 Å². The van der Waals surface area contributed by atoms with Crippen LogP contribution < -0.4 is 4.90 Å². The Kier molecular flexibility index (Phi) is 2.45. The van der Waals surface area contributed by atoms with Gasteiger partial charge in [0.25, 0.3) is 5.91 Å². The molecule has 0 saturated carbocycles. The molecule has 0 radical (unpaired) electrons. The zero-order valence-corrected chi connectivity index (χ0v) is 9.43. The summed E-state index contributed by atoms with van der Waals surface area (Å²) in [7, 11) is 0. The zero-order chi connectivity index (χ0) is 10.1. The Morgan fingerprint density at radius 1 is 1.43 bits per heavy atom. The maximum Gasteiger partial charge on any atom is 0.254 e. The van der Waals surface area contributed by atoms with Crippen LogP contribution in [0.15, 0.2) is 36.1 Å². The molecule has 1 amide bonds. The SMILES string of the molecule is O=C1C=C(O)CN1c1cccc(I)c1. The molecule has 14 heavy (non-hydrogen) atoms. The van der Waals surface area contributed by atoms with Crippen molar-refractivity contribution in [3.05, 3.63) is 39.7 Å². The Labute approximate surface area is 95.2 Å². The predicted molar refractivity (Wildman–Crippen MR) is 62.2 cm³/mol. The number of anilines is 1. The third kappa shape index (κ3) is 1.75. The Bertz CT molecular complexity index is 414. The van der Waals surface area contributed by atoms with Crippen LogP contribution in [0.4, 0.5) is 5.69 Å². The molecule has 1 aliphatic heterocycles. The van der Waals surface area contributed by atoms with Crippen molar-refractivity contribution in [1.29, 1.82) is 0 Å². The van der Waals surface area contributed by atoms with E-state index in [2.05, 4.69) is 22.6 Å². The van der Waals surface area contributed by atoms with E-state index in [0.29, 0.717) is 0 Å². The topological polar surface area (TPSA) is 40.5 Å². The van der Waals surface area contributed by atoms with Gasteiger partial charge in [0.15, 0.2) is 0 Å².